The highest BCUT2D eigenvalue weighted by Gasteiger charge is 2.45. The number of methoxy groups -OCH3 is 1. The monoisotopic (exact) mass is 426 g/mol. The molecule has 4 atom stereocenters. The summed E-state index contributed by atoms with van der Waals surface area (Å²) in [6.45, 7) is 2.23. The van der Waals surface area contributed by atoms with Gasteiger partial charge in [0.05, 0.1) is 19.3 Å². The number of H-pyrrole nitrogens is 1. The third-order valence-electron chi connectivity index (χ3n) is 3.48. The summed E-state index contributed by atoms with van der Waals surface area (Å²) in [7, 11) is 1.55. The Bertz CT molecular complexity index is 615. The van der Waals surface area contributed by atoms with Gasteiger partial charge >= 0.3 is 5.69 Å². The number of aryl methyl sites for hydroxylation is 1. The SMILES string of the molecule is COCCO[C@H]1C(O)[C@@H](CI)O[C@H]1n1cc(C)c(=O)[nH]c1=O. The van der Waals surface area contributed by atoms with Gasteiger partial charge in [-0.15, -0.1) is 0 Å². The lowest BCUT2D eigenvalue weighted by molar-refractivity contribution is -0.0788. The van der Waals surface area contributed by atoms with Gasteiger partial charge in [-0.25, -0.2) is 4.79 Å². The minimum absolute atomic E-state index is 0.267. The van der Waals surface area contributed by atoms with Crippen molar-refractivity contribution in [1.29, 1.82) is 0 Å². The molecule has 0 saturated carbocycles. The summed E-state index contributed by atoms with van der Waals surface area (Å²) in [5.41, 5.74) is -0.657. The van der Waals surface area contributed by atoms with Crippen LogP contribution in [-0.4, -0.2) is 57.7 Å². The predicted molar refractivity (Wildman–Crippen MR) is 86.5 cm³/mol. The van der Waals surface area contributed by atoms with Crippen LogP contribution in [0.25, 0.3) is 0 Å². The Hall–Kier alpha value is -0.750. The quantitative estimate of drug-likeness (QED) is 0.364. The van der Waals surface area contributed by atoms with E-state index in [0.29, 0.717) is 16.6 Å². The molecule has 1 fully saturated rings. The lowest BCUT2D eigenvalue weighted by Gasteiger charge is -2.22. The molecular formula is C13H19IN2O6. The van der Waals surface area contributed by atoms with Gasteiger partial charge in [-0.1, -0.05) is 22.6 Å². The molecule has 0 radical (unpaired) electrons. The van der Waals surface area contributed by atoms with Crippen LogP contribution in [0, 0.1) is 6.92 Å². The number of nitrogens with one attached hydrogen (secondary N) is 1. The van der Waals surface area contributed by atoms with E-state index in [1.54, 1.807) is 14.0 Å². The summed E-state index contributed by atoms with van der Waals surface area (Å²) < 4.78 is 18.1. The van der Waals surface area contributed by atoms with Crippen molar-refractivity contribution in [3.63, 3.8) is 0 Å². The van der Waals surface area contributed by atoms with E-state index in [0.717, 1.165) is 0 Å². The fraction of sp³-hybridized carbons (Fsp3) is 0.692. The van der Waals surface area contributed by atoms with Crippen LogP contribution >= 0.6 is 22.6 Å². The highest BCUT2D eigenvalue weighted by Crippen LogP contribution is 2.31. The Labute approximate surface area is 140 Å². The van der Waals surface area contributed by atoms with Gasteiger partial charge in [0.2, 0.25) is 0 Å². The number of aliphatic hydroxyl groups excluding tert-OH is 1. The van der Waals surface area contributed by atoms with E-state index in [1.165, 1.54) is 10.8 Å². The zero-order valence-electron chi connectivity index (χ0n) is 12.3. The number of halogens is 1. The number of rotatable bonds is 6. The minimum Gasteiger partial charge on any atom is -0.387 e. The number of nitrogens with zero attached hydrogens (tertiary/aromatic N) is 1. The molecular weight excluding hydrogens is 407 g/mol. The summed E-state index contributed by atoms with van der Waals surface area (Å²) in [6.07, 6.45) is -1.40. The lowest BCUT2D eigenvalue weighted by Crippen LogP contribution is -2.40. The zero-order valence-corrected chi connectivity index (χ0v) is 14.5. The van der Waals surface area contributed by atoms with Crippen LogP contribution < -0.4 is 11.2 Å². The largest absolute Gasteiger partial charge is 0.387 e. The van der Waals surface area contributed by atoms with Gasteiger partial charge in [-0.05, 0) is 6.92 Å². The standard InChI is InChI=1S/C13H19IN2O6/c1-7-6-16(13(19)15-11(7)18)12-10(21-4-3-20-2)9(17)8(5-14)22-12/h6,8-10,12,17H,3-5H2,1-2H3,(H,15,18,19)/t8-,9?,10+,12-/m1/s1. The second-order valence-corrected chi connectivity index (χ2v) is 5.90. The van der Waals surface area contributed by atoms with Crippen molar-refractivity contribution in [2.24, 2.45) is 0 Å². The van der Waals surface area contributed by atoms with Gasteiger partial charge in [0.25, 0.3) is 5.56 Å². The number of hydrogen-bond donors (Lipinski definition) is 2. The summed E-state index contributed by atoms with van der Waals surface area (Å²) in [5.74, 6) is 0. The van der Waals surface area contributed by atoms with E-state index in [2.05, 4.69) is 27.6 Å². The highest BCUT2D eigenvalue weighted by molar-refractivity contribution is 14.1. The molecule has 0 bridgehead atoms. The van der Waals surface area contributed by atoms with Crippen LogP contribution in [0.4, 0.5) is 0 Å². The first-order valence-electron chi connectivity index (χ1n) is 6.81. The number of alkyl halides is 1. The number of aromatic nitrogens is 2. The third-order valence-corrected chi connectivity index (χ3v) is 4.35. The minimum atomic E-state index is -0.863. The molecule has 1 aliphatic heterocycles. The first-order valence-corrected chi connectivity index (χ1v) is 8.34. The number of hydrogen-bond acceptors (Lipinski definition) is 6. The number of aromatic amines is 1. The van der Waals surface area contributed by atoms with Crippen LogP contribution in [-0.2, 0) is 14.2 Å². The molecule has 124 valence electrons. The number of aliphatic hydroxyl groups is 1. The van der Waals surface area contributed by atoms with Gasteiger partial charge in [0, 0.05) is 23.3 Å². The molecule has 1 saturated heterocycles. The first-order chi connectivity index (χ1) is 10.5. The van der Waals surface area contributed by atoms with Crippen LogP contribution in [0.3, 0.4) is 0 Å². The molecule has 2 N–H and O–H groups in total. The fourth-order valence-electron chi connectivity index (χ4n) is 2.29. The molecule has 0 amide bonds. The molecule has 9 heteroatoms. The van der Waals surface area contributed by atoms with Crippen LogP contribution in [0.5, 0.6) is 0 Å². The normalized spacial score (nSPS) is 28.2. The summed E-state index contributed by atoms with van der Waals surface area (Å²) in [5, 5.41) is 10.3. The fourth-order valence-corrected chi connectivity index (χ4v) is 3.02. The molecule has 0 aromatic carbocycles. The molecule has 0 spiro atoms. The summed E-state index contributed by atoms with van der Waals surface area (Å²) in [4.78, 5) is 25.7. The second kappa shape index (κ2) is 7.68. The van der Waals surface area contributed by atoms with Crippen molar-refractivity contribution in [3.8, 4) is 0 Å². The van der Waals surface area contributed by atoms with Gasteiger partial charge < -0.3 is 19.3 Å². The van der Waals surface area contributed by atoms with Crippen molar-refractivity contribution in [2.75, 3.05) is 24.8 Å². The Kier molecular flexibility index (Phi) is 6.15. The van der Waals surface area contributed by atoms with Crippen molar-refractivity contribution in [3.05, 3.63) is 32.6 Å². The Morgan fingerprint density at radius 3 is 2.82 bits per heavy atom. The predicted octanol–water partition coefficient (Wildman–Crippen LogP) is -0.430. The van der Waals surface area contributed by atoms with Crippen LogP contribution in [0.2, 0.25) is 0 Å². The van der Waals surface area contributed by atoms with E-state index in [-0.39, 0.29) is 6.61 Å². The smallest absolute Gasteiger partial charge is 0.330 e. The van der Waals surface area contributed by atoms with E-state index in [9.17, 15) is 14.7 Å². The van der Waals surface area contributed by atoms with Crippen molar-refractivity contribution in [1.82, 2.24) is 9.55 Å². The maximum atomic E-state index is 12.0. The van der Waals surface area contributed by atoms with Crippen molar-refractivity contribution >= 4 is 22.6 Å². The average Bonchev–Trinajstić information content (AvgIpc) is 2.80. The van der Waals surface area contributed by atoms with E-state index in [4.69, 9.17) is 14.2 Å². The average molecular weight is 426 g/mol. The topological polar surface area (TPSA) is 103 Å². The third kappa shape index (κ3) is 3.59. The maximum absolute atomic E-state index is 12.0. The maximum Gasteiger partial charge on any atom is 0.330 e. The molecule has 1 unspecified atom stereocenters. The van der Waals surface area contributed by atoms with Crippen LogP contribution in [0.1, 0.15) is 11.8 Å². The Morgan fingerprint density at radius 2 is 2.18 bits per heavy atom. The lowest BCUT2D eigenvalue weighted by atomic mass is 10.1. The van der Waals surface area contributed by atoms with Crippen molar-refractivity contribution in [2.45, 2.75) is 31.5 Å². The van der Waals surface area contributed by atoms with Crippen LogP contribution in [0.15, 0.2) is 15.8 Å². The van der Waals surface area contributed by atoms with Gasteiger partial charge in [0.1, 0.15) is 12.2 Å². The summed E-state index contributed by atoms with van der Waals surface area (Å²) >= 11 is 2.10. The first kappa shape index (κ1) is 17.6. The van der Waals surface area contributed by atoms with Gasteiger partial charge in [-0.3, -0.25) is 14.3 Å². The Balaban J connectivity index is 2.31. The second-order valence-electron chi connectivity index (χ2n) is 5.02. The number of ether oxygens (including phenoxy) is 3. The molecule has 22 heavy (non-hydrogen) atoms. The molecule has 8 nitrogen and oxygen atoms in total. The van der Waals surface area contributed by atoms with Gasteiger partial charge in [0.15, 0.2) is 6.23 Å². The van der Waals surface area contributed by atoms with E-state index >= 15 is 0 Å². The molecule has 2 heterocycles. The van der Waals surface area contributed by atoms with E-state index in [1.807, 2.05) is 0 Å². The highest BCUT2D eigenvalue weighted by atomic mass is 127. The van der Waals surface area contributed by atoms with E-state index < -0.39 is 35.8 Å². The zero-order chi connectivity index (χ0) is 16.3. The molecule has 2 rings (SSSR count). The van der Waals surface area contributed by atoms with Gasteiger partial charge in [-0.2, -0.15) is 0 Å². The molecule has 1 aromatic rings. The Morgan fingerprint density at radius 1 is 1.45 bits per heavy atom. The summed E-state index contributed by atoms with van der Waals surface area (Å²) in [6, 6.07) is 0. The molecule has 1 aliphatic rings. The van der Waals surface area contributed by atoms with Crippen molar-refractivity contribution < 1.29 is 19.3 Å². The molecule has 1 aromatic heterocycles. The molecule has 0 aliphatic carbocycles.